The molecule has 0 fully saturated rings. The number of hydrogen-bond donors (Lipinski definition) is 2. The summed E-state index contributed by atoms with van der Waals surface area (Å²) in [5, 5.41) is 3.45. The molecular formula is C13H19N5O. The van der Waals surface area contributed by atoms with Crippen molar-refractivity contribution in [3.63, 3.8) is 0 Å². The van der Waals surface area contributed by atoms with E-state index in [0.717, 1.165) is 19.3 Å². The number of nitrogens with two attached hydrogens (primary N) is 2. The zero-order valence-corrected chi connectivity index (χ0v) is 10.8. The van der Waals surface area contributed by atoms with E-state index in [1.165, 1.54) is 0 Å². The Hall–Kier alpha value is -1.88. The van der Waals surface area contributed by atoms with Gasteiger partial charge in [0.25, 0.3) is 0 Å². The molecule has 1 unspecified atom stereocenters. The van der Waals surface area contributed by atoms with Gasteiger partial charge in [0.1, 0.15) is 0 Å². The van der Waals surface area contributed by atoms with Crippen LogP contribution in [-0.4, -0.2) is 18.4 Å². The first-order valence-corrected chi connectivity index (χ1v) is 6.34. The molecule has 0 aliphatic rings. The second-order valence-corrected chi connectivity index (χ2v) is 4.35. The minimum atomic E-state index is -0.483. The van der Waals surface area contributed by atoms with E-state index >= 15 is 0 Å². The van der Waals surface area contributed by atoms with Crippen molar-refractivity contribution in [3.05, 3.63) is 40.3 Å². The maximum atomic E-state index is 12.0. The Morgan fingerprint density at radius 3 is 2.53 bits per heavy atom. The lowest BCUT2D eigenvalue weighted by Gasteiger charge is -2.10. The van der Waals surface area contributed by atoms with E-state index in [9.17, 15) is 4.79 Å². The molecular weight excluding hydrogens is 242 g/mol. The minimum absolute atomic E-state index is 0.0831. The van der Waals surface area contributed by atoms with Gasteiger partial charge in [-0.1, -0.05) is 42.2 Å². The molecule has 0 saturated carbocycles. The Morgan fingerprint density at radius 1 is 1.26 bits per heavy atom. The Morgan fingerprint density at radius 2 is 1.95 bits per heavy atom. The SMILES string of the molecule is [N-]=[N+]=Nc1ccc(C(=O)C(N)CCCCCN)cc1. The van der Waals surface area contributed by atoms with Gasteiger partial charge in [0.05, 0.1) is 6.04 Å². The number of rotatable bonds is 8. The monoisotopic (exact) mass is 261 g/mol. The Balaban J connectivity index is 2.53. The molecule has 1 rings (SSSR count). The molecule has 0 spiro atoms. The summed E-state index contributed by atoms with van der Waals surface area (Å²) in [6.45, 7) is 0.671. The van der Waals surface area contributed by atoms with Gasteiger partial charge >= 0.3 is 0 Å². The molecule has 6 nitrogen and oxygen atoms in total. The predicted molar refractivity (Wildman–Crippen MR) is 75.1 cm³/mol. The maximum Gasteiger partial charge on any atom is 0.179 e. The highest BCUT2D eigenvalue weighted by atomic mass is 16.1. The number of hydrogen-bond acceptors (Lipinski definition) is 4. The molecule has 0 radical (unpaired) electrons. The fourth-order valence-corrected chi connectivity index (χ4v) is 1.77. The minimum Gasteiger partial charge on any atom is -0.330 e. The number of nitrogens with zero attached hydrogens (tertiary/aromatic N) is 3. The van der Waals surface area contributed by atoms with Crippen LogP contribution in [0.25, 0.3) is 10.4 Å². The number of Topliss-reactive ketones (excluding diaryl/α,β-unsaturated/α-hetero) is 1. The Bertz CT molecular complexity index is 451. The number of ketones is 1. The summed E-state index contributed by atoms with van der Waals surface area (Å²) in [6, 6.07) is 5.99. The van der Waals surface area contributed by atoms with Crippen molar-refractivity contribution in [3.8, 4) is 0 Å². The second kappa shape index (κ2) is 8.26. The van der Waals surface area contributed by atoms with Crippen LogP contribution in [0.3, 0.4) is 0 Å². The Kier molecular flexibility index (Phi) is 6.60. The van der Waals surface area contributed by atoms with E-state index in [2.05, 4.69) is 10.0 Å². The van der Waals surface area contributed by atoms with Crippen LogP contribution < -0.4 is 11.5 Å². The van der Waals surface area contributed by atoms with Gasteiger partial charge in [-0.05, 0) is 24.9 Å². The van der Waals surface area contributed by atoms with Crippen molar-refractivity contribution in [2.45, 2.75) is 31.7 Å². The lowest BCUT2D eigenvalue weighted by atomic mass is 9.99. The summed E-state index contributed by atoms with van der Waals surface area (Å²) in [6.07, 6.45) is 3.52. The molecule has 1 aromatic rings. The molecule has 0 aliphatic carbocycles. The average Bonchev–Trinajstić information content (AvgIpc) is 2.44. The van der Waals surface area contributed by atoms with Crippen molar-refractivity contribution in [2.24, 2.45) is 16.6 Å². The summed E-state index contributed by atoms with van der Waals surface area (Å²) in [5.41, 5.74) is 20.6. The number of azide groups is 1. The van der Waals surface area contributed by atoms with Crippen LogP contribution in [0.4, 0.5) is 5.69 Å². The van der Waals surface area contributed by atoms with Crippen molar-refractivity contribution in [2.75, 3.05) is 6.54 Å². The Labute approximate surface area is 112 Å². The van der Waals surface area contributed by atoms with E-state index in [1.54, 1.807) is 24.3 Å². The van der Waals surface area contributed by atoms with E-state index < -0.39 is 6.04 Å². The van der Waals surface area contributed by atoms with Crippen molar-refractivity contribution in [1.29, 1.82) is 0 Å². The van der Waals surface area contributed by atoms with Gasteiger partial charge < -0.3 is 11.5 Å². The molecule has 0 saturated heterocycles. The normalized spacial score (nSPS) is 11.7. The van der Waals surface area contributed by atoms with Gasteiger partial charge in [-0.2, -0.15) is 0 Å². The predicted octanol–water partition coefficient (Wildman–Crippen LogP) is 2.66. The molecule has 6 heteroatoms. The first-order chi connectivity index (χ1) is 9.19. The summed E-state index contributed by atoms with van der Waals surface area (Å²) < 4.78 is 0. The molecule has 102 valence electrons. The molecule has 0 aromatic heterocycles. The molecule has 1 aromatic carbocycles. The summed E-state index contributed by atoms with van der Waals surface area (Å²) in [4.78, 5) is 14.7. The standard InChI is InChI=1S/C13H19N5O/c14-9-3-1-2-4-12(15)13(19)10-5-7-11(8-6-10)17-18-16/h5-8,12H,1-4,9,14-15H2. The number of carbonyl (C=O) groups is 1. The molecule has 0 heterocycles. The highest BCUT2D eigenvalue weighted by Gasteiger charge is 2.14. The van der Waals surface area contributed by atoms with Gasteiger partial charge in [-0.25, -0.2) is 0 Å². The summed E-state index contributed by atoms with van der Waals surface area (Å²) >= 11 is 0. The van der Waals surface area contributed by atoms with E-state index in [4.69, 9.17) is 17.0 Å². The quantitative estimate of drug-likeness (QED) is 0.246. The fourth-order valence-electron chi connectivity index (χ4n) is 1.77. The fraction of sp³-hybridized carbons (Fsp3) is 0.462. The zero-order valence-electron chi connectivity index (χ0n) is 10.8. The van der Waals surface area contributed by atoms with Crippen LogP contribution in [-0.2, 0) is 0 Å². The van der Waals surface area contributed by atoms with Crippen LogP contribution in [0.5, 0.6) is 0 Å². The van der Waals surface area contributed by atoms with Gasteiger partial charge in [-0.3, -0.25) is 4.79 Å². The number of benzene rings is 1. The molecule has 0 amide bonds. The van der Waals surface area contributed by atoms with Crippen LogP contribution in [0.1, 0.15) is 36.0 Å². The highest BCUT2D eigenvalue weighted by molar-refractivity contribution is 6.00. The highest BCUT2D eigenvalue weighted by Crippen LogP contribution is 2.15. The van der Waals surface area contributed by atoms with Gasteiger partial charge in [0.2, 0.25) is 0 Å². The second-order valence-electron chi connectivity index (χ2n) is 4.35. The number of unbranched alkanes of at least 4 members (excludes halogenated alkanes) is 2. The summed E-state index contributed by atoms with van der Waals surface area (Å²) in [5.74, 6) is -0.0831. The topological polar surface area (TPSA) is 118 Å². The van der Waals surface area contributed by atoms with Gasteiger partial charge in [0.15, 0.2) is 5.78 Å². The van der Waals surface area contributed by atoms with Crippen LogP contribution in [0, 0.1) is 0 Å². The molecule has 4 N–H and O–H groups in total. The lowest BCUT2D eigenvalue weighted by molar-refractivity contribution is 0.0956. The zero-order chi connectivity index (χ0) is 14.1. The average molecular weight is 261 g/mol. The van der Waals surface area contributed by atoms with Gasteiger partial charge in [0, 0.05) is 16.2 Å². The number of carbonyl (C=O) groups excluding carboxylic acids is 1. The van der Waals surface area contributed by atoms with E-state index in [0.29, 0.717) is 24.2 Å². The van der Waals surface area contributed by atoms with Crippen molar-refractivity contribution < 1.29 is 4.79 Å². The maximum absolute atomic E-state index is 12.0. The van der Waals surface area contributed by atoms with E-state index in [-0.39, 0.29) is 5.78 Å². The lowest BCUT2D eigenvalue weighted by Crippen LogP contribution is -2.30. The van der Waals surface area contributed by atoms with E-state index in [1.807, 2.05) is 0 Å². The molecule has 19 heavy (non-hydrogen) atoms. The van der Waals surface area contributed by atoms with Crippen molar-refractivity contribution in [1.82, 2.24) is 0 Å². The largest absolute Gasteiger partial charge is 0.330 e. The van der Waals surface area contributed by atoms with Crippen LogP contribution in [0.2, 0.25) is 0 Å². The summed E-state index contributed by atoms with van der Waals surface area (Å²) in [7, 11) is 0. The van der Waals surface area contributed by atoms with Crippen LogP contribution >= 0.6 is 0 Å². The first-order valence-electron chi connectivity index (χ1n) is 6.34. The third-order valence-electron chi connectivity index (χ3n) is 2.87. The van der Waals surface area contributed by atoms with Gasteiger partial charge in [-0.15, -0.1) is 0 Å². The third-order valence-corrected chi connectivity index (χ3v) is 2.87. The smallest absolute Gasteiger partial charge is 0.179 e. The first kappa shape index (κ1) is 15.2. The molecule has 0 aliphatic heterocycles. The van der Waals surface area contributed by atoms with Crippen LogP contribution in [0.15, 0.2) is 29.4 Å². The van der Waals surface area contributed by atoms with Crippen molar-refractivity contribution >= 4 is 11.5 Å². The molecule has 0 bridgehead atoms. The molecule has 1 atom stereocenters. The third kappa shape index (κ3) is 5.09.